The molecule has 9 heteroatoms. The quantitative estimate of drug-likeness (QED) is 0.803. The number of aromatic nitrogens is 6. The second kappa shape index (κ2) is 6.63. The predicted molar refractivity (Wildman–Crippen MR) is 74.4 cm³/mol. The van der Waals surface area contributed by atoms with Gasteiger partial charge < -0.3 is 9.42 Å². The van der Waals surface area contributed by atoms with Crippen molar-refractivity contribution in [2.24, 2.45) is 0 Å². The molecule has 0 spiro atoms. The Kier molecular flexibility index (Phi) is 4.40. The zero-order chi connectivity index (χ0) is 15.4. The molecule has 2 aromatic rings. The third-order valence-corrected chi connectivity index (χ3v) is 3.75. The molecule has 0 aliphatic carbocycles. The first-order chi connectivity index (χ1) is 10.8. The summed E-state index contributed by atoms with van der Waals surface area (Å²) in [7, 11) is 0. The Morgan fingerprint density at radius 1 is 1.45 bits per heavy atom. The number of carbonyl (C=O) groups excluding carboxylic acids is 1. The number of carbonyl (C=O) groups is 1. The van der Waals surface area contributed by atoms with Crippen molar-refractivity contribution < 1.29 is 9.32 Å². The molecule has 1 saturated heterocycles. The summed E-state index contributed by atoms with van der Waals surface area (Å²) in [4.78, 5) is 18.7. The monoisotopic (exact) mass is 305 g/mol. The van der Waals surface area contributed by atoms with Gasteiger partial charge in [0.25, 0.3) is 0 Å². The zero-order valence-corrected chi connectivity index (χ0v) is 12.6. The van der Waals surface area contributed by atoms with E-state index in [2.05, 4.69) is 32.6 Å². The Morgan fingerprint density at radius 2 is 2.36 bits per heavy atom. The molecule has 2 aromatic heterocycles. The Labute approximate surface area is 127 Å². The van der Waals surface area contributed by atoms with Crippen molar-refractivity contribution in [2.45, 2.75) is 51.6 Å². The molecule has 3 heterocycles. The molecule has 118 valence electrons. The van der Waals surface area contributed by atoms with Gasteiger partial charge in [-0.1, -0.05) is 12.1 Å². The van der Waals surface area contributed by atoms with E-state index >= 15 is 0 Å². The van der Waals surface area contributed by atoms with E-state index < -0.39 is 0 Å². The molecule has 0 N–H and O–H groups in total. The number of aryl methyl sites for hydroxylation is 1. The number of hydrogen-bond donors (Lipinski definition) is 0. The molecule has 0 radical (unpaired) electrons. The van der Waals surface area contributed by atoms with Crippen LogP contribution in [-0.2, 0) is 17.8 Å². The summed E-state index contributed by atoms with van der Waals surface area (Å²) < 4.78 is 6.79. The number of piperidine rings is 1. The minimum Gasteiger partial charge on any atom is -0.337 e. The summed E-state index contributed by atoms with van der Waals surface area (Å²) in [6.45, 7) is 2.88. The fraction of sp³-hybridized carbons (Fsp3) is 0.692. The van der Waals surface area contributed by atoms with Gasteiger partial charge in [-0.25, -0.2) is 4.68 Å². The van der Waals surface area contributed by atoms with Crippen molar-refractivity contribution in [1.29, 1.82) is 0 Å². The Hall–Kier alpha value is -2.32. The first-order valence-electron chi connectivity index (χ1n) is 7.60. The molecule has 0 saturated carbocycles. The first-order valence-corrected chi connectivity index (χ1v) is 7.60. The van der Waals surface area contributed by atoms with Gasteiger partial charge in [0.2, 0.25) is 11.8 Å². The van der Waals surface area contributed by atoms with E-state index in [0.717, 1.165) is 32.1 Å². The number of tetrazole rings is 1. The molecular formula is C13H19N7O2. The zero-order valence-electron chi connectivity index (χ0n) is 12.6. The lowest BCUT2D eigenvalue weighted by molar-refractivity contribution is -0.136. The van der Waals surface area contributed by atoms with Gasteiger partial charge in [0.15, 0.2) is 5.82 Å². The van der Waals surface area contributed by atoms with Crippen LogP contribution in [0.1, 0.15) is 50.4 Å². The highest BCUT2D eigenvalue weighted by molar-refractivity contribution is 5.76. The van der Waals surface area contributed by atoms with Gasteiger partial charge >= 0.3 is 0 Å². The van der Waals surface area contributed by atoms with Crippen LogP contribution in [0, 0.1) is 0 Å². The smallest absolute Gasteiger partial charge is 0.249 e. The summed E-state index contributed by atoms with van der Waals surface area (Å²) in [5.41, 5.74) is 0. The molecular weight excluding hydrogens is 286 g/mol. The third-order valence-electron chi connectivity index (χ3n) is 3.75. The topological polar surface area (TPSA) is 103 Å². The van der Waals surface area contributed by atoms with Crippen LogP contribution in [0.2, 0.25) is 0 Å². The largest absolute Gasteiger partial charge is 0.337 e. The van der Waals surface area contributed by atoms with Gasteiger partial charge in [-0.2, -0.15) is 4.98 Å². The van der Waals surface area contributed by atoms with E-state index in [-0.39, 0.29) is 18.5 Å². The average Bonchev–Trinajstić information content (AvgIpc) is 3.19. The molecule has 1 amide bonds. The van der Waals surface area contributed by atoms with Crippen LogP contribution in [0.15, 0.2) is 10.9 Å². The average molecular weight is 305 g/mol. The van der Waals surface area contributed by atoms with E-state index in [1.165, 1.54) is 11.0 Å². The summed E-state index contributed by atoms with van der Waals surface area (Å²) in [6, 6.07) is -0.143. The van der Waals surface area contributed by atoms with Gasteiger partial charge in [-0.3, -0.25) is 4.79 Å². The van der Waals surface area contributed by atoms with E-state index in [1.807, 2.05) is 0 Å². The van der Waals surface area contributed by atoms with Crippen LogP contribution in [0.3, 0.4) is 0 Å². The maximum atomic E-state index is 12.5. The van der Waals surface area contributed by atoms with Crippen LogP contribution < -0.4 is 0 Å². The van der Waals surface area contributed by atoms with Gasteiger partial charge in [0.1, 0.15) is 18.9 Å². The SMILES string of the molecule is CCCc1noc([C@H]2CCCCN2C(=O)Cn2cnnn2)n1. The van der Waals surface area contributed by atoms with Crippen molar-refractivity contribution in [3.63, 3.8) is 0 Å². The molecule has 0 aromatic carbocycles. The molecule has 1 fully saturated rings. The standard InChI is InChI=1S/C13H19N7O2/c1-2-5-11-15-13(22-16-11)10-6-3-4-7-20(10)12(21)8-19-9-14-17-18-19/h9-10H,2-8H2,1H3/t10-/m1/s1. The summed E-state index contributed by atoms with van der Waals surface area (Å²) in [5, 5.41) is 14.8. The van der Waals surface area contributed by atoms with Gasteiger partial charge in [-0.15, -0.1) is 5.10 Å². The van der Waals surface area contributed by atoms with Gasteiger partial charge in [0, 0.05) is 13.0 Å². The Morgan fingerprint density at radius 3 is 3.14 bits per heavy atom. The normalized spacial score (nSPS) is 18.6. The maximum Gasteiger partial charge on any atom is 0.249 e. The fourth-order valence-electron chi connectivity index (χ4n) is 2.70. The second-order valence-corrected chi connectivity index (χ2v) is 5.40. The highest BCUT2D eigenvalue weighted by Gasteiger charge is 2.32. The second-order valence-electron chi connectivity index (χ2n) is 5.40. The molecule has 3 rings (SSSR count). The molecule has 1 aliphatic heterocycles. The highest BCUT2D eigenvalue weighted by atomic mass is 16.5. The van der Waals surface area contributed by atoms with Crippen molar-refractivity contribution >= 4 is 5.91 Å². The number of nitrogens with zero attached hydrogens (tertiary/aromatic N) is 7. The van der Waals surface area contributed by atoms with E-state index in [4.69, 9.17) is 4.52 Å². The Bertz CT molecular complexity index is 610. The molecule has 1 aliphatic rings. The number of hydrogen-bond acceptors (Lipinski definition) is 7. The van der Waals surface area contributed by atoms with Crippen molar-refractivity contribution in [2.75, 3.05) is 6.54 Å². The number of likely N-dealkylation sites (tertiary alicyclic amines) is 1. The lowest BCUT2D eigenvalue weighted by atomic mass is 10.0. The third kappa shape index (κ3) is 3.12. The molecule has 22 heavy (non-hydrogen) atoms. The molecule has 1 atom stereocenters. The molecule has 0 unspecified atom stereocenters. The number of rotatable bonds is 5. The lowest BCUT2D eigenvalue weighted by Crippen LogP contribution is -2.40. The van der Waals surface area contributed by atoms with Gasteiger partial charge in [0.05, 0.1) is 0 Å². The minimum absolute atomic E-state index is 0.0350. The van der Waals surface area contributed by atoms with Crippen LogP contribution >= 0.6 is 0 Å². The summed E-state index contributed by atoms with van der Waals surface area (Å²) in [5.74, 6) is 1.21. The molecule has 0 bridgehead atoms. The van der Waals surface area contributed by atoms with Gasteiger partial charge in [-0.05, 0) is 36.1 Å². The fourth-order valence-corrected chi connectivity index (χ4v) is 2.70. The van der Waals surface area contributed by atoms with Crippen LogP contribution in [0.25, 0.3) is 0 Å². The van der Waals surface area contributed by atoms with E-state index in [0.29, 0.717) is 18.3 Å². The van der Waals surface area contributed by atoms with Crippen LogP contribution in [0.4, 0.5) is 0 Å². The van der Waals surface area contributed by atoms with Crippen molar-refractivity contribution in [1.82, 2.24) is 35.2 Å². The minimum atomic E-state index is -0.143. The van der Waals surface area contributed by atoms with Crippen molar-refractivity contribution in [3.8, 4) is 0 Å². The Balaban J connectivity index is 1.73. The maximum absolute atomic E-state index is 12.5. The van der Waals surface area contributed by atoms with Crippen LogP contribution in [-0.4, -0.2) is 47.7 Å². The predicted octanol–water partition coefficient (Wildman–Crippen LogP) is 0.762. The summed E-state index contributed by atoms with van der Waals surface area (Å²) >= 11 is 0. The molecule has 9 nitrogen and oxygen atoms in total. The van der Waals surface area contributed by atoms with Crippen molar-refractivity contribution in [3.05, 3.63) is 18.0 Å². The highest BCUT2D eigenvalue weighted by Crippen LogP contribution is 2.30. The van der Waals surface area contributed by atoms with E-state index in [1.54, 1.807) is 4.90 Å². The lowest BCUT2D eigenvalue weighted by Gasteiger charge is -2.33. The van der Waals surface area contributed by atoms with Crippen LogP contribution in [0.5, 0.6) is 0 Å². The van der Waals surface area contributed by atoms with E-state index in [9.17, 15) is 4.79 Å². The summed E-state index contributed by atoms with van der Waals surface area (Å²) in [6.07, 6.45) is 6.05. The first kappa shape index (κ1) is 14.6. The number of amides is 1.